The van der Waals surface area contributed by atoms with Crippen LogP contribution in [0.2, 0.25) is 0 Å². The van der Waals surface area contributed by atoms with Crippen molar-refractivity contribution in [3.63, 3.8) is 0 Å². The standard InChI is InChI=1S/C13H18BrFO2/c1-9(17-2)3-6-12(16)7-10-4-5-11(14)8-13(10)15/h4-5,8-9,12,16H,3,6-7H2,1-2H3. The summed E-state index contributed by atoms with van der Waals surface area (Å²) in [6.45, 7) is 1.95. The first-order valence-corrected chi connectivity index (χ1v) is 6.47. The molecule has 1 aromatic carbocycles. The maximum Gasteiger partial charge on any atom is 0.127 e. The predicted molar refractivity (Wildman–Crippen MR) is 69.5 cm³/mol. The van der Waals surface area contributed by atoms with Crippen LogP contribution in [-0.4, -0.2) is 24.4 Å². The van der Waals surface area contributed by atoms with Gasteiger partial charge in [0.25, 0.3) is 0 Å². The highest BCUT2D eigenvalue weighted by atomic mass is 79.9. The van der Waals surface area contributed by atoms with Crippen LogP contribution >= 0.6 is 15.9 Å². The van der Waals surface area contributed by atoms with Crippen LogP contribution in [0.25, 0.3) is 0 Å². The van der Waals surface area contributed by atoms with Gasteiger partial charge in [-0.2, -0.15) is 0 Å². The third kappa shape index (κ3) is 5.15. The van der Waals surface area contributed by atoms with Crippen molar-refractivity contribution in [1.82, 2.24) is 0 Å². The van der Waals surface area contributed by atoms with Gasteiger partial charge in [0.1, 0.15) is 5.82 Å². The fourth-order valence-electron chi connectivity index (χ4n) is 1.59. The number of hydrogen-bond donors (Lipinski definition) is 1. The second kappa shape index (κ2) is 7.09. The second-order valence-electron chi connectivity index (χ2n) is 4.22. The molecule has 0 saturated heterocycles. The molecular weight excluding hydrogens is 287 g/mol. The molecule has 0 bridgehead atoms. The Kier molecular flexibility index (Phi) is 6.09. The molecule has 0 spiro atoms. The van der Waals surface area contributed by atoms with E-state index in [1.54, 1.807) is 19.2 Å². The first-order valence-electron chi connectivity index (χ1n) is 5.67. The summed E-state index contributed by atoms with van der Waals surface area (Å²) in [5.41, 5.74) is 0.547. The van der Waals surface area contributed by atoms with E-state index in [-0.39, 0.29) is 11.9 Å². The number of aliphatic hydroxyl groups is 1. The maximum absolute atomic E-state index is 13.5. The van der Waals surface area contributed by atoms with Gasteiger partial charge in [0.05, 0.1) is 12.2 Å². The highest BCUT2D eigenvalue weighted by molar-refractivity contribution is 9.10. The Balaban J connectivity index is 2.47. The van der Waals surface area contributed by atoms with E-state index >= 15 is 0 Å². The number of benzene rings is 1. The number of aliphatic hydroxyl groups excluding tert-OH is 1. The molecule has 1 N–H and O–H groups in total. The molecule has 0 aliphatic heterocycles. The van der Waals surface area contributed by atoms with Crippen LogP contribution in [0.5, 0.6) is 0 Å². The van der Waals surface area contributed by atoms with Crippen molar-refractivity contribution in [3.8, 4) is 0 Å². The minimum absolute atomic E-state index is 0.124. The molecule has 2 nitrogen and oxygen atoms in total. The predicted octanol–water partition coefficient (Wildman–Crippen LogP) is 3.31. The molecule has 1 aromatic rings. The van der Waals surface area contributed by atoms with E-state index in [2.05, 4.69) is 15.9 Å². The summed E-state index contributed by atoms with van der Waals surface area (Å²) in [7, 11) is 1.64. The van der Waals surface area contributed by atoms with Crippen molar-refractivity contribution in [2.75, 3.05) is 7.11 Å². The molecule has 4 heteroatoms. The van der Waals surface area contributed by atoms with E-state index in [9.17, 15) is 9.50 Å². The fraction of sp³-hybridized carbons (Fsp3) is 0.538. The van der Waals surface area contributed by atoms with E-state index in [0.29, 0.717) is 22.9 Å². The summed E-state index contributed by atoms with van der Waals surface area (Å²) in [5.74, 6) is -0.279. The van der Waals surface area contributed by atoms with Crippen molar-refractivity contribution >= 4 is 15.9 Å². The van der Waals surface area contributed by atoms with E-state index < -0.39 is 6.10 Å². The highest BCUT2D eigenvalue weighted by Crippen LogP contribution is 2.18. The van der Waals surface area contributed by atoms with Crippen LogP contribution in [0.1, 0.15) is 25.3 Å². The molecule has 0 fully saturated rings. The van der Waals surface area contributed by atoms with E-state index in [0.717, 1.165) is 6.42 Å². The molecule has 17 heavy (non-hydrogen) atoms. The molecular formula is C13H18BrFO2. The second-order valence-corrected chi connectivity index (χ2v) is 5.13. The minimum atomic E-state index is -0.525. The summed E-state index contributed by atoms with van der Waals surface area (Å²) in [4.78, 5) is 0. The Morgan fingerprint density at radius 3 is 2.71 bits per heavy atom. The highest BCUT2D eigenvalue weighted by Gasteiger charge is 2.11. The van der Waals surface area contributed by atoms with Gasteiger partial charge in [-0.15, -0.1) is 0 Å². The van der Waals surface area contributed by atoms with Gasteiger partial charge in [0.15, 0.2) is 0 Å². The van der Waals surface area contributed by atoms with Crippen LogP contribution in [0.4, 0.5) is 4.39 Å². The Bertz CT molecular complexity index is 357. The van der Waals surface area contributed by atoms with Gasteiger partial charge in [-0.05, 0) is 37.5 Å². The summed E-state index contributed by atoms with van der Waals surface area (Å²) in [6.07, 6.45) is 1.33. The van der Waals surface area contributed by atoms with Gasteiger partial charge in [-0.25, -0.2) is 4.39 Å². The van der Waals surface area contributed by atoms with E-state index in [1.165, 1.54) is 6.07 Å². The number of methoxy groups -OCH3 is 1. The van der Waals surface area contributed by atoms with Gasteiger partial charge in [0.2, 0.25) is 0 Å². The molecule has 2 atom stereocenters. The number of ether oxygens (including phenoxy) is 1. The van der Waals surface area contributed by atoms with Crippen LogP contribution in [-0.2, 0) is 11.2 Å². The van der Waals surface area contributed by atoms with Crippen molar-refractivity contribution < 1.29 is 14.2 Å². The monoisotopic (exact) mass is 304 g/mol. The van der Waals surface area contributed by atoms with Crippen molar-refractivity contribution in [2.24, 2.45) is 0 Å². The fourth-order valence-corrected chi connectivity index (χ4v) is 1.92. The third-order valence-electron chi connectivity index (χ3n) is 2.78. The zero-order valence-electron chi connectivity index (χ0n) is 10.1. The summed E-state index contributed by atoms with van der Waals surface area (Å²) < 4.78 is 19.3. The Labute approximate surface area is 110 Å². The molecule has 2 unspecified atom stereocenters. The summed E-state index contributed by atoms with van der Waals surface area (Å²) in [6, 6.07) is 4.89. The molecule has 0 amide bonds. The topological polar surface area (TPSA) is 29.5 Å². The lowest BCUT2D eigenvalue weighted by Crippen LogP contribution is -2.15. The quantitative estimate of drug-likeness (QED) is 0.874. The van der Waals surface area contributed by atoms with Crippen molar-refractivity contribution in [2.45, 2.75) is 38.4 Å². The Morgan fingerprint density at radius 1 is 1.41 bits per heavy atom. The Hall–Kier alpha value is -0.450. The Morgan fingerprint density at radius 2 is 2.12 bits per heavy atom. The first-order chi connectivity index (χ1) is 8.02. The molecule has 0 heterocycles. The molecule has 0 radical (unpaired) electrons. The minimum Gasteiger partial charge on any atom is -0.393 e. The smallest absolute Gasteiger partial charge is 0.127 e. The normalized spacial score (nSPS) is 14.6. The first kappa shape index (κ1) is 14.6. The van der Waals surface area contributed by atoms with Gasteiger partial charge in [-0.3, -0.25) is 0 Å². The van der Waals surface area contributed by atoms with Crippen LogP contribution < -0.4 is 0 Å². The average molecular weight is 305 g/mol. The molecule has 0 aliphatic rings. The van der Waals surface area contributed by atoms with Crippen molar-refractivity contribution in [1.29, 1.82) is 0 Å². The van der Waals surface area contributed by atoms with Crippen molar-refractivity contribution in [3.05, 3.63) is 34.1 Å². The number of rotatable bonds is 6. The summed E-state index contributed by atoms with van der Waals surface area (Å²) in [5, 5.41) is 9.81. The number of hydrogen-bond acceptors (Lipinski definition) is 2. The van der Waals surface area contributed by atoms with Gasteiger partial charge in [-0.1, -0.05) is 22.0 Å². The van der Waals surface area contributed by atoms with E-state index in [4.69, 9.17) is 4.74 Å². The lowest BCUT2D eigenvalue weighted by molar-refractivity contribution is 0.0849. The summed E-state index contributed by atoms with van der Waals surface area (Å²) >= 11 is 3.20. The van der Waals surface area contributed by atoms with E-state index in [1.807, 2.05) is 6.92 Å². The largest absolute Gasteiger partial charge is 0.393 e. The lowest BCUT2D eigenvalue weighted by atomic mass is 10.0. The van der Waals surface area contributed by atoms with Crippen LogP contribution in [0.3, 0.4) is 0 Å². The molecule has 0 aromatic heterocycles. The zero-order valence-corrected chi connectivity index (χ0v) is 11.7. The zero-order chi connectivity index (χ0) is 12.8. The molecule has 1 rings (SSSR count). The molecule has 0 aliphatic carbocycles. The molecule has 0 saturated carbocycles. The SMILES string of the molecule is COC(C)CCC(O)Cc1ccc(Br)cc1F. The average Bonchev–Trinajstić information content (AvgIpc) is 2.29. The third-order valence-corrected chi connectivity index (χ3v) is 3.27. The lowest BCUT2D eigenvalue weighted by Gasteiger charge is -2.14. The van der Waals surface area contributed by atoms with Crippen LogP contribution in [0.15, 0.2) is 22.7 Å². The van der Waals surface area contributed by atoms with Gasteiger partial charge < -0.3 is 9.84 Å². The van der Waals surface area contributed by atoms with Gasteiger partial charge in [0, 0.05) is 18.0 Å². The number of halogens is 2. The van der Waals surface area contributed by atoms with Crippen LogP contribution in [0, 0.1) is 5.82 Å². The molecule has 96 valence electrons. The van der Waals surface area contributed by atoms with Gasteiger partial charge >= 0.3 is 0 Å². The maximum atomic E-state index is 13.5.